The average Bonchev–Trinajstić information content (AvgIpc) is 2.76. The third-order valence-electron chi connectivity index (χ3n) is 2.36. The molecule has 3 aromatic rings. The monoisotopic (exact) mass is 245 g/mol. The molecule has 0 aliphatic carbocycles. The molecular formula is C11H8ClN5. The second-order valence-electron chi connectivity index (χ2n) is 3.50. The van der Waals surface area contributed by atoms with E-state index in [4.69, 9.17) is 11.6 Å². The predicted octanol–water partition coefficient (Wildman–Crippen LogP) is 2.75. The van der Waals surface area contributed by atoms with E-state index in [-0.39, 0.29) is 0 Å². The molecule has 0 amide bonds. The Bertz CT molecular complexity index is 646. The van der Waals surface area contributed by atoms with Crippen molar-refractivity contribution in [1.82, 2.24) is 20.4 Å². The molecule has 84 valence electrons. The van der Waals surface area contributed by atoms with Crippen molar-refractivity contribution in [3.63, 3.8) is 0 Å². The van der Waals surface area contributed by atoms with E-state index >= 15 is 0 Å². The van der Waals surface area contributed by atoms with Crippen LogP contribution in [-0.4, -0.2) is 20.4 Å². The molecule has 0 saturated heterocycles. The van der Waals surface area contributed by atoms with Crippen molar-refractivity contribution in [3.05, 3.63) is 41.6 Å². The SMILES string of the molecule is Clc1ccc(Nc2n[nH]c3nnccc23)cc1. The molecule has 6 heteroatoms. The Morgan fingerprint density at radius 1 is 1.12 bits per heavy atom. The number of aromatic amines is 1. The van der Waals surface area contributed by atoms with E-state index in [9.17, 15) is 0 Å². The number of hydrogen-bond acceptors (Lipinski definition) is 4. The van der Waals surface area contributed by atoms with E-state index in [1.165, 1.54) is 0 Å². The molecule has 0 unspecified atom stereocenters. The van der Waals surface area contributed by atoms with Gasteiger partial charge in [0.2, 0.25) is 0 Å². The van der Waals surface area contributed by atoms with E-state index in [0.717, 1.165) is 16.9 Å². The number of nitrogens with zero attached hydrogens (tertiary/aromatic N) is 3. The summed E-state index contributed by atoms with van der Waals surface area (Å²) < 4.78 is 0. The Kier molecular flexibility index (Phi) is 2.38. The number of H-pyrrole nitrogens is 1. The van der Waals surface area contributed by atoms with Crippen LogP contribution in [0.1, 0.15) is 0 Å². The highest BCUT2D eigenvalue weighted by atomic mass is 35.5. The first-order valence-electron chi connectivity index (χ1n) is 5.01. The molecule has 2 aromatic heterocycles. The summed E-state index contributed by atoms with van der Waals surface area (Å²) >= 11 is 5.82. The van der Waals surface area contributed by atoms with Crippen LogP contribution in [0.2, 0.25) is 5.02 Å². The van der Waals surface area contributed by atoms with Crippen molar-refractivity contribution in [2.75, 3.05) is 5.32 Å². The third kappa shape index (κ3) is 1.92. The molecule has 0 bridgehead atoms. The van der Waals surface area contributed by atoms with Crippen molar-refractivity contribution >= 4 is 34.1 Å². The fourth-order valence-electron chi connectivity index (χ4n) is 1.54. The topological polar surface area (TPSA) is 66.5 Å². The molecule has 17 heavy (non-hydrogen) atoms. The van der Waals surface area contributed by atoms with Gasteiger partial charge < -0.3 is 5.32 Å². The summed E-state index contributed by atoms with van der Waals surface area (Å²) in [6.45, 7) is 0. The first kappa shape index (κ1) is 10.0. The van der Waals surface area contributed by atoms with Gasteiger partial charge in [0.25, 0.3) is 0 Å². The van der Waals surface area contributed by atoms with Gasteiger partial charge in [-0.05, 0) is 30.3 Å². The molecule has 0 saturated carbocycles. The van der Waals surface area contributed by atoms with Gasteiger partial charge in [-0.1, -0.05) is 11.6 Å². The smallest absolute Gasteiger partial charge is 0.180 e. The molecule has 3 rings (SSSR count). The number of nitrogens with one attached hydrogen (secondary N) is 2. The summed E-state index contributed by atoms with van der Waals surface area (Å²) in [7, 11) is 0. The van der Waals surface area contributed by atoms with E-state index < -0.39 is 0 Å². The largest absolute Gasteiger partial charge is 0.338 e. The molecule has 2 N–H and O–H groups in total. The van der Waals surface area contributed by atoms with Crippen molar-refractivity contribution in [2.45, 2.75) is 0 Å². The molecule has 0 spiro atoms. The van der Waals surface area contributed by atoms with Crippen LogP contribution >= 0.6 is 11.6 Å². The van der Waals surface area contributed by atoms with Gasteiger partial charge in [-0.3, -0.25) is 5.10 Å². The molecule has 0 fully saturated rings. The third-order valence-corrected chi connectivity index (χ3v) is 2.61. The highest BCUT2D eigenvalue weighted by Crippen LogP contribution is 2.22. The summed E-state index contributed by atoms with van der Waals surface area (Å²) in [5.74, 6) is 0.720. The first-order valence-corrected chi connectivity index (χ1v) is 5.39. The van der Waals surface area contributed by atoms with Gasteiger partial charge in [-0.25, -0.2) is 0 Å². The van der Waals surface area contributed by atoms with Gasteiger partial charge in [-0.15, -0.1) is 5.10 Å². The lowest BCUT2D eigenvalue weighted by molar-refractivity contribution is 1.02. The first-order chi connectivity index (χ1) is 8.33. The highest BCUT2D eigenvalue weighted by molar-refractivity contribution is 6.30. The van der Waals surface area contributed by atoms with Crippen LogP contribution in [0.3, 0.4) is 0 Å². The zero-order valence-corrected chi connectivity index (χ0v) is 9.44. The van der Waals surface area contributed by atoms with Gasteiger partial charge in [0.1, 0.15) is 0 Å². The number of hydrogen-bond donors (Lipinski definition) is 2. The molecule has 0 atom stereocenters. The highest BCUT2D eigenvalue weighted by Gasteiger charge is 2.05. The van der Waals surface area contributed by atoms with Crippen LogP contribution < -0.4 is 5.32 Å². The van der Waals surface area contributed by atoms with Gasteiger partial charge in [0.05, 0.1) is 11.6 Å². The summed E-state index contributed by atoms with van der Waals surface area (Å²) in [6, 6.07) is 9.26. The van der Waals surface area contributed by atoms with Gasteiger partial charge in [-0.2, -0.15) is 10.2 Å². The van der Waals surface area contributed by atoms with Crippen LogP contribution in [-0.2, 0) is 0 Å². The predicted molar refractivity (Wildman–Crippen MR) is 66.4 cm³/mol. The molecule has 1 aromatic carbocycles. The molecule has 0 aliphatic heterocycles. The Hall–Kier alpha value is -2.14. The Labute approximate surface area is 102 Å². The van der Waals surface area contributed by atoms with Crippen LogP contribution in [0.4, 0.5) is 11.5 Å². The maximum atomic E-state index is 5.82. The van der Waals surface area contributed by atoms with Gasteiger partial charge >= 0.3 is 0 Å². The normalized spacial score (nSPS) is 10.6. The quantitative estimate of drug-likeness (QED) is 0.729. The summed E-state index contributed by atoms with van der Waals surface area (Å²) in [4.78, 5) is 0. The van der Waals surface area contributed by atoms with E-state index in [1.54, 1.807) is 6.20 Å². The lowest BCUT2D eigenvalue weighted by Crippen LogP contribution is -1.90. The van der Waals surface area contributed by atoms with Crippen LogP contribution in [0, 0.1) is 0 Å². The minimum absolute atomic E-state index is 0.656. The second-order valence-corrected chi connectivity index (χ2v) is 3.93. The number of halogens is 1. The summed E-state index contributed by atoms with van der Waals surface area (Å²) in [6.07, 6.45) is 1.63. The van der Waals surface area contributed by atoms with Gasteiger partial charge in [0, 0.05) is 10.7 Å². The maximum Gasteiger partial charge on any atom is 0.180 e. The van der Waals surface area contributed by atoms with Crippen molar-refractivity contribution in [3.8, 4) is 0 Å². The molecular weight excluding hydrogens is 238 g/mol. The number of benzene rings is 1. The maximum absolute atomic E-state index is 5.82. The molecule has 2 heterocycles. The molecule has 5 nitrogen and oxygen atoms in total. The van der Waals surface area contributed by atoms with E-state index in [2.05, 4.69) is 25.7 Å². The van der Waals surface area contributed by atoms with E-state index in [1.807, 2.05) is 30.3 Å². The number of rotatable bonds is 2. The fourth-order valence-corrected chi connectivity index (χ4v) is 1.67. The molecule has 0 radical (unpaired) electrons. The number of fused-ring (bicyclic) bond motifs is 1. The number of aromatic nitrogens is 4. The van der Waals surface area contributed by atoms with Gasteiger partial charge in [0.15, 0.2) is 11.5 Å². The molecule has 0 aliphatic rings. The average molecular weight is 246 g/mol. The number of anilines is 2. The summed E-state index contributed by atoms with van der Waals surface area (Å²) in [5.41, 5.74) is 1.57. The second kappa shape index (κ2) is 4.03. The summed E-state index contributed by atoms with van der Waals surface area (Å²) in [5, 5.41) is 19.4. The minimum Gasteiger partial charge on any atom is -0.338 e. The standard InChI is InChI=1S/C11H8ClN5/c12-7-1-3-8(4-2-7)14-10-9-5-6-13-15-11(9)17-16-10/h1-6H,(H2,14,15,16,17). The van der Waals surface area contributed by atoms with Crippen LogP contribution in [0.15, 0.2) is 36.5 Å². The lowest BCUT2D eigenvalue weighted by Gasteiger charge is -2.02. The zero-order valence-electron chi connectivity index (χ0n) is 8.68. The van der Waals surface area contributed by atoms with Crippen LogP contribution in [0.5, 0.6) is 0 Å². The van der Waals surface area contributed by atoms with Crippen molar-refractivity contribution in [1.29, 1.82) is 0 Å². The Balaban J connectivity index is 1.97. The van der Waals surface area contributed by atoms with Crippen molar-refractivity contribution < 1.29 is 0 Å². The van der Waals surface area contributed by atoms with E-state index in [0.29, 0.717) is 10.7 Å². The Morgan fingerprint density at radius 3 is 2.76 bits per heavy atom. The lowest BCUT2D eigenvalue weighted by atomic mass is 10.3. The zero-order chi connectivity index (χ0) is 11.7. The fraction of sp³-hybridized carbons (Fsp3) is 0. The van der Waals surface area contributed by atoms with Crippen molar-refractivity contribution in [2.24, 2.45) is 0 Å². The Morgan fingerprint density at radius 2 is 1.94 bits per heavy atom. The minimum atomic E-state index is 0.656. The van der Waals surface area contributed by atoms with Crippen LogP contribution in [0.25, 0.3) is 11.0 Å².